The lowest BCUT2D eigenvalue weighted by Crippen LogP contribution is -2.49. The van der Waals surface area contributed by atoms with Crippen LogP contribution in [0.2, 0.25) is 0 Å². The maximum atomic E-state index is 12.1. The van der Waals surface area contributed by atoms with Gasteiger partial charge < -0.3 is 0 Å². The van der Waals surface area contributed by atoms with Crippen LogP contribution in [-0.2, 0) is 4.79 Å². The van der Waals surface area contributed by atoms with Crippen LogP contribution in [0.5, 0.6) is 0 Å². The maximum Gasteiger partial charge on any atom is 0.157 e. The molecule has 1 nitrogen and oxygen atoms in total. The lowest BCUT2D eigenvalue weighted by atomic mass is 9.47. The topological polar surface area (TPSA) is 17.1 Å². The van der Waals surface area contributed by atoms with Gasteiger partial charge in [0.15, 0.2) is 5.78 Å². The zero-order valence-corrected chi connectivity index (χ0v) is 19.0. The van der Waals surface area contributed by atoms with E-state index in [-0.39, 0.29) is 11.7 Å². The zero-order chi connectivity index (χ0) is 20.1. The number of ketones is 1. The van der Waals surface area contributed by atoms with Crippen molar-refractivity contribution < 1.29 is 4.79 Å². The van der Waals surface area contributed by atoms with E-state index in [1.54, 1.807) is 0 Å². The lowest BCUT2D eigenvalue weighted by Gasteiger charge is -2.58. The van der Waals surface area contributed by atoms with Gasteiger partial charge in [0.2, 0.25) is 0 Å². The molecule has 0 aromatic carbocycles. The van der Waals surface area contributed by atoms with E-state index in [2.05, 4.69) is 32.9 Å². The van der Waals surface area contributed by atoms with Gasteiger partial charge in [0.1, 0.15) is 0 Å². The summed E-state index contributed by atoms with van der Waals surface area (Å²) in [5, 5.41) is 0. The third-order valence-electron chi connectivity index (χ3n) is 9.86. The van der Waals surface area contributed by atoms with E-state index in [1.165, 1.54) is 57.8 Å². The zero-order valence-electron chi connectivity index (χ0n) is 19.0. The minimum absolute atomic E-state index is 0.116. The molecule has 0 spiro atoms. The largest absolute Gasteiger partial charge is 0.295 e. The van der Waals surface area contributed by atoms with Gasteiger partial charge in [-0.15, -0.1) is 0 Å². The van der Waals surface area contributed by atoms with Crippen molar-refractivity contribution in [2.45, 2.75) is 92.4 Å². The number of allylic oxidation sites excluding steroid dienone is 4. The highest BCUT2D eigenvalue weighted by molar-refractivity contribution is 5.91. The fraction of sp³-hybridized carbons (Fsp3) is 0.815. The summed E-state index contributed by atoms with van der Waals surface area (Å²) in [6.45, 7) is 11.6. The highest BCUT2D eigenvalue weighted by Crippen LogP contribution is 2.67. The molecular weight excluding hydrogens is 340 g/mol. The lowest BCUT2D eigenvalue weighted by molar-refractivity contribution is -0.117. The number of fused-ring (bicyclic) bond motifs is 5. The normalized spacial score (nSPS) is 44.0. The van der Waals surface area contributed by atoms with Gasteiger partial charge >= 0.3 is 0 Å². The molecule has 3 saturated carbocycles. The Hall–Kier alpha value is -0.850. The van der Waals surface area contributed by atoms with Crippen LogP contribution < -0.4 is 0 Å². The van der Waals surface area contributed by atoms with Crippen LogP contribution in [0.25, 0.3) is 0 Å². The summed E-state index contributed by atoms with van der Waals surface area (Å²) in [7, 11) is 0. The Morgan fingerprint density at radius 2 is 1.86 bits per heavy atom. The second kappa shape index (κ2) is 7.44. The summed E-state index contributed by atoms with van der Waals surface area (Å²) in [6.07, 6.45) is 19.4. The van der Waals surface area contributed by atoms with E-state index in [9.17, 15) is 4.79 Å². The van der Waals surface area contributed by atoms with Gasteiger partial charge in [-0.2, -0.15) is 0 Å². The van der Waals surface area contributed by atoms with E-state index in [0.717, 1.165) is 23.7 Å². The standard InChI is InChI=1S/C27H42O/c1-18(2)25(28)14-9-19(3)22-12-13-23-21-11-10-20-8-6-7-16-26(20,4)24(21)15-17-27(22,23)5/h9-10,14,18-19,21-24H,6-8,11-13,15-17H2,1-5H3/t19-,21+,22-,23+,24+,26+,27-/m1/s1. The molecule has 0 heterocycles. The van der Waals surface area contributed by atoms with Gasteiger partial charge in [-0.1, -0.05) is 58.8 Å². The summed E-state index contributed by atoms with van der Waals surface area (Å²) in [5.74, 6) is 4.40. The first kappa shape index (κ1) is 20.4. The Morgan fingerprint density at radius 1 is 1.07 bits per heavy atom. The van der Waals surface area contributed by atoms with Crippen molar-refractivity contribution in [3.8, 4) is 0 Å². The average molecular weight is 383 g/mol. The van der Waals surface area contributed by atoms with Crippen LogP contribution in [0, 0.1) is 46.3 Å². The van der Waals surface area contributed by atoms with E-state index in [1.807, 2.05) is 25.5 Å². The van der Waals surface area contributed by atoms with Crippen LogP contribution in [0.3, 0.4) is 0 Å². The van der Waals surface area contributed by atoms with Gasteiger partial charge in [0, 0.05) is 5.92 Å². The summed E-state index contributed by atoms with van der Waals surface area (Å²) in [6, 6.07) is 0. The van der Waals surface area contributed by atoms with Gasteiger partial charge in [-0.3, -0.25) is 4.79 Å². The predicted octanol–water partition coefficient (Wildman–Crippen LogP) is 7.37. The molecule has 4 aliphatic carbocycles. The molecule has 0 aromatic rings. The molecule has 7 atom stereocenters. The molecule has 0 radical (unpaired) electrons. The molecule has 0 N–H and O–H groups in total. The Labute approximate surface area is 173 Å². The average Bonchev–Trinajstić information content (AvgIpc) is 3.02. The van der Waals surface area contributed by atoms with Crippen LogP contribution in [-0.4, -0.2) is 5.78 Å². The highest BCUT2D eigenvalue weighted by Gasteiger charge is 2.58. The third kappa shape index (κ3) is 3.16. The van der Waals surface area contributed by atoms with E-state index < -0.39 is 0 Å². The molecular formula is C27H42O. The number of carbonyl (C=O) groups excluding carboxylic acids is 1. The highest BCUT2D eigenvalue weighted by atomic mass is 16.1. The monoisotopic (exact) mass is 382 g/mol. The molecule has 0 unspecified atom stereocenters. The van der Waals surface area contributed by atoms with Crippen LogP contribution >= 0.6 is 0 Å². The Bertz CT molecular complexity index is 670. The Morgan fingerprint density at radius 3 is 2.61 bits per heavy atom. The van der Waals surface area contributed by atoms with Crippen molar-refractivity contribution in [3.63, 3.8) is 0 Å². The summed E-state index contributed by atoms with van der Waals surface area (Å²) in [5.41, 5.74) is 2.81. The summed E-state index contributed by atoms with van der Waals surface area (Å²) < 4.78 is 0. The SMILES string of the molecule is CC(C)C(=O)C=C[C@@H](C)[C@H]1CC[C@H]2[C@@H]3CC=C4CCCC[C@]4(C)[C@H]3CC[C@]12C. The van der Waals surface area contributed by atoms with Gasteiger partial charge in [-0.05, 0) is 97.9 Å². The first-order chi connectivity index (χ1) is 13.3. The van der Waals surface area contributed by atoms with Crippen molar-refractivity contribution in [2.75, 3.05) is 0 Å². The van der Waals surface area contributed by atoms with Gasteiger partial charge in [0.05, 0.1) is 0 Å². The van der Waals surface area contributed by atoms with Gasteiger partial charge in [-0.25, -0.2) is 0 Å². The smallest absolute Gasteiger partial charge is 0.157 e. The molecule has 0 aliphatic heterocycles. The van der Waals surface area contributed by atoms with Crippen LogP contribution in [0.1, 0.15) is 92.4 Å². The molecule has 0 bridgehead atoms. The Kier molecular flexibility index (Phi) is 5.43. The molecule has 0 saturated heterocycles. The van der Waals surface area contributed by atoms with Crippen molar-refractivity contribution >= 4 is 5.78 Å². The van der Waals surface area contributed by atoms with Gasteiger partial charge in [0.25, 0.3) is 0 Å². The molecule has 4 aliphatic rings. The number of carbonyl (C=O) groups is 1. The molecule has 0 aromatic heterocycles. The fourth-order valence-electron chi connectivity index (χ4n) is 8.18. The van der Waals surface area contributed by atoms with Crippen molar-refractivity contribution in [1.82, 2.24) is 0 Å². The second-order valence-corrected chi connectivity index (χ2v) is 11.5. The number of hydrogen-bond acceptors (Lipinski definition) is 1. The minimum atomic E-state index is 0.116. The summed E-state index contributed by atoms with van der Waals surface area (Å²) >= 11 is 0. The molecule has 3 fully saturated rings. The van der Waals surface area contributed by atoms with Crippen molar-refractivity contribution in [2.24, 2.45) is 46.3 Å². The third-order valence-corrected chi connectivity index (χ3v) is 9.86. The number of rotatable bonds is 4. The number of hydrogen-bond donors (Lipinski definition) is 0. The Balaban J connectivity index is 1.54. The molecule has 0 amide bonds. The van der Waals surface area contributed by atoms with E-state index in [0.29, 0.717) is 16.7 Å². The fourth-order valence-corrected chi connectivity index (χ4v) is 8.18. The van der Waals surface area contributed by atoms with E-state index >= 15 is 0 Å². The quantitative estimate of drug-likeness (QED) is 0.366. The summed E-state index contributed by atoms with van der Waals surface area (Å²) in [4.78, 5) is 12.1. The van der Waals surface area contributed by atoms with Crippen molar-refractivity contribution in [3.05, 3.63) is 23.8 Å². The molecule has 156 valence electrons. The minimum Gasteiger partial charge on any atom is -0.295 e. The maximum absolute atomic E-state index is 12.1. The molecule has 1 heteroatoms. The molecule has 28 heavy (non-hydrogen) atoms. The second-order valence-electron chi connectivity index (χ2n) is 11.5. The van der Waals surface area contributed by atoms with Crippen LogP contribution in [0.4, 0.5) is 0 Å². The first-order valence-corrected chi connectivity index (χ1v) is 12.2. The first-order valence-electron chi connectivity index (χ1n) is 12.2. The van der Waals surface area contributed by atoms with E-state index in [4.69, 9.17) is 0 Å². The van der Waals surface area contributed by atoms with Crippen molar-refractivity contribution in [1.29, 1.82) is 0 Å². The van der Waals surface area contributed by atoms with Crippen LogP contribution in [0.15, 0.2) is 23.8 Å². The molecule has 4 rings (SSSR count). The predicted molar refractivity (Wildman–Crippen MR) is 118 cm³/mol.